The van der Waals surface area contributed by atoms with Crippen LogP contribution >= 0.6 is 0 Å². The first-order valence-electron chi connectivity index (χ1n) is 9.80. The van der Waals surface area contributed by atoms with E-state index in [-0.39, 0.29) is 13.2 Å². The second kappa shape index (κ2) is 8.69. The molecule has 0 spiro atoms. The lowest BCUT2D eigenvalue weighted by atomic mass is 9.95. The molecule has 0 bridgehead atoms. The molecule has 2 N–H and O–H groups in total. The lowest BCUT2D eigenvalue weighted by Gasteiger charge is -2.29. The first-order valence-corrected chi connectivity index (χ1v) is 9.80. The fourth-order valence-corrected chi connectivity index (χ4v) is 3.55. The van der Waals surface area contributed by atoms with Crippen LogP contribution < -0.4 is 15.4 Å². The number of amides is 2. The molecule has 6 heteroatoms. The molecule has 4 rings (SSSR count). The van der Waals surface area contributed by atoms with E-state index in [0.29, 0.717) is 17.0 Å². The topological polar surface area (TPSA) is 76.7 Å². The molecule has 1 heterocycles. The fourth-order valence-electron chi connectivity index (χ4n) is 3.55. The van der Waals surface area contributed by atoms with Crippen molar-refractivity contribution >= 4 is 22.8 Å². The Hall–Kier alpha value is -3.80. The molecule has 1 atom stereocenters. The lowest BCUT2D eigenvalue weighted by molar-refractivity contribution is -0.139. The quantitative estimate of drug-likeness (QED) is 0.609. The summed E-state index contributed by atoms with van der Waals surface area (Å²) in [5.74, 6) is 0.184. The van der Waals surface area contributed by atoms with Gasteiger partial charge in [-0.05, 0) is 23.9 Å². The Balaban J connectivity index is 1.71. The second-order valence-electron chi connectivity index (χ2n) is 6.82. The van der Waals surface area contributed by atoms with Gasteiger partial charge in [0.05, 0.1) is 23.9 Å². The number of nitrogens with one attached hydrogen (secondary N) is 2. The van der Waals surface area contributed by atoms with Crippen molar-refractivity contribution in [2.45, 2.75) is 13.0 Å². The largest absolute Gasteiger partial charge is 0.487 e. The van der Waals surface area contributed by atoms with Crippen LogP contribution in [0.4, 0.5) is 4.79 Å². The predicted molar refractivity (Wildman–Crippen MR) is 114 cm³/mol. The zero-order valence-corrected chi connectivity index (χ0v) is 16.6. The Morgan fingerprint density at radius 3 is 2.50 bits per heavy atom. The molecular weight excluding hydrogens is 380 g/mol. The number of carbonyl (C=O) groups excluding carboxylic acids is 2. The highest BCUT2D eigenvalue weighted by molar-refractivity contribution is 5.95. The molecule has 0 aliphatic carbocycles. The smallest absolute Gasteiger partial charge is 0.338 e. The van der Waals surface area contributed by atoms with Gasteiger partial charge in [0.1, 0.15) is 12.4 Å². The van der Waals surface area contributed by atoms with Gasteiger partial charge in [0.15, 0.2) is 0 Å². The number of fused-ring (bicyclic) bond motifs is 1. The highest BCUT2D eigenvalue weighted by atomic mass is 16.5. The van der Waals surface area contributed by atoms with Crippen LogP contribution in [0, 0.1) is 0 Å². The Labute approximate surface area is 174 Å². The van der Waals surface area contributed by atoms with Crippen molar-refractivity contribution in [3.63, 3.8) is 0 Å². The number of carbonyl (C=O) groups is 2. The maximum absolute atomic E-state index is 12.8. The molecule has 1 aliphatic heterocycles. The van der Waals surface area contributed by atoms with E-state index < -0.39 is 18.0 Å². The summed E-state index contributed by atoms with van der Waals surface area (Å²) in [6, 6.07) is 22.0. The van der Waals surface area contributed by atoms with Crippen LogP contribution in [-0.2, 0) is 9.53 Å². The standard InChI is InChI=1S/C24H22N2O4/c1-2-29-23(27)21-19(25-24(28)26-22(21)17-10-4-3-5-11-17)15-30-20-14-8-12-16-9-6-7-13-18(16)20/h3-14,22H,2,15H2,1H3,(H2,25,26,28)/t22-/m0/s1. The van der Waals surface area contributed by atoms with Gasteiger partial charge in [0, 0.05) is 5.39 Å². The molecule has 152 valence electrons. The van der Waals surface area contributed by atoms with Gasteiger partial charge in [-0.1, -0.05) is 66.7 Å². The van der Waals surface area contributed by atoms with Crippen molar-refractivity contribution in [2.75, 3.05) is 13.2 Å². The third kappa shape index (κ3) is 3.98. The van der Waals surface area contributed by atoms with Gasteiger partial charge in [-0.2, -0.15) is 0 Å². The third-order valence-electron chi connectivity index (χ3n) is 4.90. The van der Waals surface area contributed by atoms with Crippen molar-refractivity contribution in [3.05, 3.63) is 89.6 Å². The van der Waals surface area contributed by atoms with Crippen LogP contribution in [0.1, 0.15) is 18.5 Å². The van der Waals surface area contributed by atoms with Crippen molar-refractivity contribution < 1.29 is 19.1 Å². The van der Waals surface area contributed by atoms with Crippen molar-refractivity contribution in [2.24, 2.45) is 0 Å². The molecule has 6 nitrogen and oxygen atoms in total. The van der Waals surface area contributed by atoms with Crippen molar-refractivity contribution in [1.82, 2.24) is 10.6 Å². The Morgan fingerprint density at radius 2 is 1.70 bits per heavy atom. The van der Waals surface area contributed by atoms with E-state index in [1.54, 1.807) is 6.92 Å². The summed E-state index contributed by atoms with van der Waals surface area (Å²) in [6.45, 7) is 2.01. The van der Waals surface area contributed by atoms with Gasteiger partial charge in [-0.15, -0.1) is 0 Å². The average molecular weight is 402 g/mol. The summed E-state index contributed by atoms with van der Waals surface area (Å²) in [6.07, 6.45) is 0. The van der Waals surface area contributed by atoms with Gasteiger partial charge in [0.25, 0.3) is 0 Å². The molecule has 0 aromatic heterocycles. The second-order valence-corrected chi connectivity index (χ2v) is 6.82. The highest BCUT2D eigenvalue weighted by Gasteiger charge is 2.33. The lowest BCUT2D eigenvalue weighted by Crippen LogP contribution is -2.47. The van der Waals surface area contributed by atoms with E-state index in [2.05, 4.69) is 10.6 Å². The number of ether oxygens (including phenoxy) is 2. The molecule has 0 fully saturated rings. The minimum Gasteiger partial charge on any atom is -0.487 e. The van der Waals surface area contributed by atoms with Crippen LogP contribution in [0.3, 0.4) is 0 Å². The summed E-state index contributed by atoms with van der Waals surface area (Å²) in [5, 5.41) is 7.55. The molecule has 0 saturated carbocycles. The van der Waals surface area contributed by atoms with Crippen LogP contribution in [-0.4, -0.2) is 25.2 Å². The van der Waals surface area contributed by atoms with Crippen LogP contribution in [0.15, 0.2) is 84.1 Å². The zero-order valence-electron chi connectivity index (χ0n) is 16.6. The van der Waals surface area contributed by atoms with Crippen LogP contribution in [0.5, 0.6) is 5.75 Å². The SMILES string of the molecule is CCOC(=O)C1=C(COc2cccc3ccccc23)NC(=O)N[C@H]1c1ccccc1. The molecule has 0 saturated heterocycles. The molecule has 30 heavy (non-hydrogen) atoms. The first-order chi connectivity index (χ1) is 14.7. The van der Waals surface area contributed by atoms with E-state index in [4.69, 9.17) is 9.47 Å². The summed E-state index contributed by atoms with van der Waals surface area (Å²) < 4.78 is 11.3. The minimum atomic E-state index is -0.620. The van der Waals surface area contributed by atoms with E-state index in [0.717, 1.165) is 16.3 Å². The predicted octanol–water partition coefficient (Wildman–Crippen LogP) is 4.09. The Bertz CT molecular complexity index is 1100. The molecule has 1 aliphatic rings. The summed E-state index contributed by atoms with van der Waals surface area (Å²) in [5.41, 5.74) is 1.51. The van der Waals surface area contributed by atoms with Crippen LogP contribution in [0.25, 0.3) is 10.8 Å². The van der Waals surface area contributed by atoms with E-state index >= 15 is 0 Å². The van der Waals surface area contributed by atoms with Gasteiger partial charge in [-0.3, -0.25) is 0 Å². The normalized spacial score (nSPS) is 16.0. The molecule has 3 aromatic rings. The fraction of sp³-hybridized carbons (Fsp3) is 0.167. The summed E-state index contributed by atoms with van der Waals surface area (Å²) in [7, 11) is 0. The van der Waals surface area contributed by atoms with Crippen molar-refractivity contribution in [1.29, 1.82) is 0 Å². The molecule has 0 unspecified atom stereocenters. The number of hydrogen-bond acceptors (Lipinski definition) is 4. The number of benzene rings is 3. The first kappa shape index (κ1) is 19.5. The number of esters is 1. The van der Waals surface area contributed by atoms with E-state index in [9.17, 15) is 9.59 Å². The Morgan fingerprint density at radius 1 is 0.967 bits per heavy atom. The third-order valence-corrected chi connectivity index (χ3v) is 4.90. The monoisotopic (exact) mass is 402 g/mol. The summed E-state index contributed by atoms with van der Waals surface area (Å²) >= 11 is 0. The number of urea groups is 1. The van der Waals surface area contributed by atoms with E-state index in [1.807, 2.05) is 72.8 Å². The van der Waals surface area contributed by atoms with Gasteiger partial charge < -0.3 is 20.1 Å². The van der Waals surface area contributed by atoms with E-state index in [1.165, 1.54) is 0 Å². The average Bonchev–Trinajstić information content (AvgIpc) is 2.78. The Kier molecular flexibility index (Phi) is 5.66. The molecule has 2 amide bonds. The van der Waals surface area contributed by atoms with Gasteiger partial charge >= 0.3 is 12.0 Å². The van der Waals surface area contributed by atoms with Gasteiger partial charge in [-0.25, -0.2) is 9.59 Å². The maximum atomic E-state index is 12.8. The van der Waals surface area contributed by atoms with Crippen LogP contribution in [0.2, 0.25) is 0 Å². The summed E-state index contributed by atoms with van der Waals surface area (Å²) in [4.78, 5) is 25.1. The minimum absolute atomic E-state index is 0.0267. The number of hydrogen-bond donors (Lipinski definition) is 2. The molecular formula is C24H22N2O4. The number of rotatable bonds is 6. The molecule has 3 aromatic carbocycles. The zero-order chi connectivity index (χ0) is 20.9. The van der Waals surface area contributed by atoms with Crippen molar-refractivity contribution in [3.8, 4) is 5.75 Å². The maximum Gasteiger partial charge on any atom is 0.338 e. The highest BCUT2D eigenvalue weighted by Crippen LogP contribution is 2.29. The van der Waals surface area contributed by atoms with Gasteiger partial charge in [0.2, 0.25) is 0 Å². The molecule has 0 radical (unpaired) electrons.